The third-order valence-corrected chi connectivity index (χ3v) is 2.45. The zero-order chi connectivity index (χ0) is 10.7. The Balaban J connectivity index is 1.84. The fourth-order valence-corrected chi connectivity index (χ4v) is 1.58. The molecule has 1 aliphatic rings. The topological polar surface area (TPSA) is 85.5 Å². The Morgan fingerprint density at radius 2 is 2.47 bits per heavy atom. The van der Waals surface area contributed by atoms with E-state index in [1.54, 1.807) is 0 Å². The second-order valence-electron chi connectivity index (χ2n) is 3.59. The summed E-state index contributed by atoms with van der Waals surface area (Å²) in [7, 11) is 0. The lowest BCUT2D eigenvalue weighted by atomic mass is 10.0. The van der Waals surface area contributed by atoms with Gasteiger partial charge in [0.1, 0.15) is 0 Å². The Labute approximate surface area is 86.2 Å². The summed E-state index contributed by atoms with van der Waals surface area (Å²) in [6.45, 7) is 1.59. The third-order valence-electron chi connectivity index (χ3n) is 2.45. The van der Waals surface area contributed by atoms with Gasteiger partial charge in [-0.25, -0.2) is 4.79 Å². The number of hydrogen-bond donors (Lipinski definition) is 1. The normalized spacial score (nSPS) is 20.7. The lowest BCUT2D eigenvalue weighted by Gasteiger charge is -2.02. The van der Waals surface area contributed by atoms with E-state index >= 15 is 0 Å². The zero-order valence-electron chi connectivity index (χ0n) is 8.18. The molecule has 0 saturated carbocycles. The molecule has 6 nitrogen and oxygen atoms in total. The van der Waals surface area contributed by atoms with Crippen molar-refractivity contribution in [3.8, 4) is 0 Å². The first-order valence-corrected chi connectivity index (χ1v) is 4.89. The minimum Gasteiger partial charge on any atom is -0.475 e. The third kappa shape index (κ3) is 2.53. The number of carbonyl (C=O) groups is 1. The Kier molecular flexibility index (Phi) is 2.96. The van der Waals surface area contributed by atoms with Crippen LogP contribution in [0.15, 0.2) is 4.52 Å². The van der Waals surface area contributed by atoms with Gasteiger partial charge in [-0.15, -0.1) is 0 Å². The van der Waals surface area contributed by atoms with Crippen LogP contribution >= 0.6 is 0 Å². The van der Waals surface area contributed by atoms with E-state index in [0.717, 1.165) is 26.1 Å². The number of aromatic carboxylic acids is 1. The number of hydrogen-bond acceptors (Lipinski definition) is 5. The largest absolute Gasteiger partial charge is 0.475 e. The molecule has 15 heavy (non-hydrogen) atoms. The van der Waals surface area contributed by atoms with Crippen LogP contribution in [0.1, 0.15) is 29.4 Å². The molecule has 1 fully saturated rings. The lowest BCUT2D eigenvalue weighted by Crippen LogP contribution is -2.02. The fraction of sp³-hybridized carbons (Fsp3) is 0.667. The molecule has 1 aromatic rings. The average Bonchev–Trinajstić information content (AvgIpc) is 2.86. The van der Waals surface area contributed by atoms with Crippen LogP contribution < -0.4 is 0 Å². The van der Waals surface area contributed by atoms with Crippen molar-refractivity contribution in [2.75, 3.05) is 13.2 Å². The maximum absolute atomic E-state index is 10.5. The quantitative estimate of drug-likeness (QED) is 0.792. The van der Waals surface area contributed by atoms with Gasteiger partial charge in [0.2, 0.25) is 5.89 Å². The Morgan fingerprint density at radius 3 is 3.07 bits per heavy atom. The summed E-state index contributed by atoms with van der Waals surface area (Å²) < 4.78 is 10.0. The highest BCUT2D eigenvalue weighted by Crippen LogP contribution is 2.18. The van der Waals surface area contributed by atoms with Crippen LogP contribution in [0.25, 0.3) is 0 Å². The van der Waals surface area contributed by atoms with Gasteiger partial charge in [-0.2, -0.15) is 4.98 Å². The van der Waals surface area contributed by atoms with Crippen LogP contribution in [0.5, 0.6) is 0 Å². The summed E-state index contributed by atoms with van der Waals surface area (Å²) in [5, 5.41) is 11.9. The molecule has 2 rings (SSSR count). The van der Waals surface area contributed by atoms with Crippen molar-refractivity contribution in [1.29, 1.82) is 0 Å². The molecule has 0 aliphatic carbocycles. The molecule has 1 saturated heterocycles. The number of rotatable bonds is 4. The standard InChI is InChI=1S/C9H12N2O4/c12-9(13)8-10-7(15-11-8)2-1-6-3-4-14-5-6/h6H,1-5H2,(H,12,13). The van der Waals surface area contributed by atoms with Crippen LogP contribution in [0.4, 0.5) is 0 Å². The smallest absolute Gasteiger partial charge is 0.377 e. The minimum atomic E-state index is -1.16. The van der Waals surface area contributed by atoms with E-state index in [9.17, 15) is 4.79 Å². The summed E-state index contributed by atoms with van der Waals surface area (Å²) in [4.78, 5) is 14.2. The first-order valence-electron chi connectivity index (χ1n) is 4.89. The lowest BCUT2D eigenvalue weighted by molar-refractivity contribution is 0.0680. The highest BCUT2D eigenvalue weighted by molar-refractivity contribution is 5.82. The average molecular weight is 212 g/mol. The summed E-state index contributed by atoms with van der Waals surface area (Å²) >= 11 is 0. The molecule has 2 heterocycles. The van der Waals surface area contributed by atoms with E-state index in [4.69, 9.17) is 14.4 Å². The van der Waals surface area contributed by atoms with Crippen LogP contribution in [0.3, 0.4) is 0 Å². The number of carboxylic acid groups (broad SMARTS) is 1. The Bertz CT molecular complexity index is 344. The molecule has 1 unspecified atom stereocenters. The molecule has 0 spiro atoms. The number of aromatic nitrogens is 2. The SMILES string of the molecule is O=C(O)c1noc(CCC2CCOC2)n1. The highest BCUT2D eigenvalue weighted by atomic mass is 16.5. The molecule has 82 valence electrons. The van der Waals surface area contributed by atoms with E-state index in [1.165, 1.54) is 0 Å². The maximum Gasteiger partial charge on any atom is 0.377 e. The van der Waals surface area contributed by atoms with Crippen molar-refractivity contribution >= 4 is 5.97 Å². The van der Waals surface area contributed by atoms with Crippen molar-refractivity contribution < 1.29 is 19.2 Å². The summed E-state index contributed by atoms with van der Waals surface area (Å²) in [6.07, 6.45) is 2.58. The number of aryl methyl sites for hydroxylation is 1. The van der Waals surface area contributed by atoms with Gasteiger partial charge in [0.15, 0.2) is 0 Å². The summed E-state index contributed by atoms with van der Waals surface area (Å²) in [5.41, 5.74) is 0. The van der Waals surface area contributed by atoms with Gasteiger partial charge in [0.25, 0.3) is 5.82 Å². The molecule has 0 radical (unpaired) electrons. The molecule has 1 aromatic heterocycles. The molecule has 1 aliphatic heterocycles. The van der Waals surface area contributed by atoms with Crippen LogP contribution in [-0.2, 0) is 11.2 Å². The predicted octanol–water partition coefficient (Wildman–Crippen LogP) is 0.737. The van der Waals surface area contributed by atoms with E-state index in [2.05, 4.69) is 10.1 Å². The van der Waals surface area contributed by atoms with Crippen molar-refractivity contribution in [3.05, 3.63) is 11.7 Å². The molecular weight excluding hydrogens is 200 g/mol. The number of nitrogens with zero attached hydrogens (tertiary/aromatic N) is 2. The van der Waals surface area contributed by atoms with E-state index in [-0.39, 0.29) is 5.82 Å². The van der Waals surface area contributed by atoms with Crippen LogP contribution in [0.2, 0.25) is 0 Å². The predicted molar refractivity (Wildman–Crippen MR) is 48.5 cm³/mol. The fourth-order valence-electron chi connectivity index (χ4n) is 1.58. The van der Waals surface area contributed by atoms with Crippen LogP contribution in [-0.4, -0.2) is 34.4 Å². The first kappa shape index (κ1) is 10.1. The molecule has 6 heteroatoms. The maximum atomic E-state index is 10.5. The second kappa shape index (κ2) is 4.39. The molecular formula is C9H12N2O4. The molecule has 0 aromatic carbocycles. The molecule has 0 amide bonds. The van der Waals surface area contributed by atoms with E-state index in [1.807, 2.05) is 0 Å². The highest BCUT2D eigenvalue weighted by Gasteiger charge is 2.18. The molecule has 0 bridgehead atoms. The summed E-state index contributed by atoms with van der Waals surface area (Å²) in [5.74, 6) is -0.508. The Morgan fingerprint density at radius 1 is 1.60 bits per heavy atom. The van der Waals surface area contributed by atoms with Gasteiger partial charge >= 0.3 is 5.97 Å². The van der Waals surface area contributed by atoms with Crippen molar-refractivity contribution in [3.63, 3.8) is 0 Å². The van der Waals surface area contributed by atoms with Gasteiger partial charge in [-0.05, 0) is 23.9 Å². The van der Waals surface area contributed by atoms with Gasteiger partial charge in [-0.3, -0.25) is 0 Å². The number of carboxylic acids is 1. The van der Waals surface area contributed by atoms with Gasteiger partial charge in [0, 0.05) is 19.6 Å². The van der Waals surface area contributed by atoms with Crippen molar-refractivity contribution in [1.82, 2.24) is 10.1 Å². The summed E-state index contributed by atoms with van der Waals surface area (Å²) in [6, 6.07) is 0. The van der Waals surface area contributed by atoms with Gasteiger partial charge < -0.3 is 14.4 Å². The minimum absolute atomic E-state index is 0.271. The zero-order valence-corrected chi connectivity index (χ0v) is 8.18. The molecule has 1 atom stereocenters. The van der Waals surface area contributed by atoms with E-state index in [0.29, 0.717) is 18.2 Å². The van der Waals surface area contributed by atoms with Crippen molar-refractivity contribution in [2.45, 2.75) is 19.3 Å². The van der Waals surface area contributed by atoms with Crippen molar-refractivity contribution in [2.24, 2.45) is 5.92 Å². The van der Waals surface area contributed by atoms with Gasteiger partial charge in [-0.1, -0.05) is 0 Å². The first-order chi connectivity index (χ1) is 7.25. The second-order valence-corrected chi connectivity index (χ2v) is 3.59. The van der Waals surface area contributed by atoms with Gasteiger partial charge in [0.05, 0.1) is 0 Å². The molecule has 1 N–H and O–H groups in total. The number of ether oxygens (including phenoxy) is 1. The monoisotopic (exact) mass is 212 g/mol. The Hall–Kier alpha value is -1.43. The van der Waals surface area contributed by atoms with Crippen LogP contribution in [0, 0.1) is 5.92 Å². The van der Waals surface area contributed by atoms with E-state index < -0.39 is 5.97 Å².